The highest BCUT2D eigenvalue weighted by molar-refractivity contribution is 6.30. The maximum absolute atomic E-state index is 6.45. The number of nitrogens with zero attached hydrogens (tertiary/aromatic N) is 2. The molecule has 0 radical (unpaired) electrons. The molecule has 148 valence electrons. The second-order valence-corrected chi connectivity index (χ2v) is 7.33. The second kappa shape index (κ2) is 9.48. The zero-order valence-electron chi connectivity index (χ0n) is 16.1. The van der Waals surface area contributed by atoms with Crippen LogP contribution in [-0.2, 0) is 6.61 Å². The zero-order valence-corrected chi connectivity index (χ0v) is 16.8. The van der Waals surface area contributed by atoms with E-state index in [1.165, 1.54) is 0 Å². The van der Waals surface area contributed by atoms with Gasteiger partial charge < -0.3 is 14.4 Å². The maximum Gasteiger partial charge on any atom is 0.162 e. The molecule has 0 saturated carbocycles. The third-order valence-corrected chi connectivity index (χ3v) is 5.01. The topological polar surface area (TPSA) is 34.1 Å². The van der Waals surface area contributed by atoms with Gasteiger partial charge in [0.25, 0.3) is 0 Å². The van der Waals surface area contributed by atoms with Crippen molar-refractivity contribution in [2.75, 3.05) is 19.6 Å². The van der Waals surface area contributed by atoms with E-state index in [-0.39, 0.29) is 6.10 Å². The first kappa shape index (κ1) is 19.3. The van der Waals surface area contributed by atoms with Crippen LogP contribution in [-0.4, -0.2) is 30.9 Å². The molecule has 1 aliphatic rings. The number of hydrogen-bond donors (Lipinski definition) is 0. The van der Waals surface area contributed by atoms with Crippen molar-refractivity contribution in [3.8, 4) is 11.5 Å². The van der Waals surface area contributed by atoms with Crippen molar-refractivity contribution in [1.29, 1.82) is 0 Å². The fraction of sp³-hybridized carbons (Fsp3) is 0.208. The summed E-state index contributed by atoms with van der Waals surface area (Å²) in [5.41, 5.74) is 2.18. The van der Waals surface area contributed by atoms with Gasteiger partial charge in [0.1, 0.15) is 12.7 Å². The van der Waals surface area contributed by atoms with Gasteiger partial charge in [0.05, 0.1) is 19.4 Å². The first-order valence-corrected chi connectivity index (χ1v) is 10.1. The SMILES string of the molecule is Clc1ccc(COc2ccccc2OC(CN2C=NCC2)c2ccccc2)cc1. The van der Waals surface area contributed by atoms with E-state index in [4.69, 9.17) is 21.1 Å². The summed E-state index contributed by atoms with van der Waals surface area (Å²) in [5, 5.41) is 0.716. The van der Waals surface area contributed by atoms with E-state index in [0.717, 1.165) is 42.3 Å². The maximum atomic E-state index is 6.45. The quantitative estimate of drug-likeness (QED) is 0.503. The molecular formula is C24H23ClN2O2. The standard InChI is InChI=1S/C24H23ClN2O2/c25-21-12-10-19(11-13-21)17-28-22-8-4-5-9-23(22)29-24(16-27-15-14-26-18-27)20-6-2-1-3-7-20/h1-13,18,24H,14-17H2. The van der Waals surface area contributed by atoms with E-state index >= 15 is 0 Å². The summed E-state index contributed by atoms with van der Waals surface area (Å²) in [6, 6.07) is 25.7. The number of para-hydroxylation sites is 2. The molecule has 0 bridgehead atoms. The number of benzene rings is 3. The second-order valence-electron chi connectivity index (χ2n) is 6.90. The van der Waals surface area contributed by atoms with Gasteiger partial charge in [-0.15, -0.1) is 0 Å². The van der Waals surface area contributed by atoms with Gasteiger partial charge in [-0.2, -0.15) is 0 Å². The third kappa shape index (κ3) is 5.30. The molecule has 0 amide bonds. The van der Waals surface area contributed by atoms with Gasteiger partial charge in [0.15, 0.2) is 11.5 Å². The molecule has 1 heterocycles. The average Bonchev–Trinajstić information content (AvgIpc) is 3.28. The highest BCUT2D eigenvalue weighted by Crippen LogP contribution is 2.32. The van der Waals surface area contributed by atoms with Crippen LogP contribution in [0.15, 0.2) is 83.9 Å². The first-order valence-electron chi connectivity index (χ1n) is 9.70. The van der Waals surface area contributed by atoms with Crippen molar-refractivity contribution in [3.63, 3.8) is 0 Å². The predicted octanol–water partition coefficient (Wildman–Crippen LogP) is 5.38. The van der Waals surface area contributed by atoms with Gasteiger partial charge in [0.2, 0.25) is 0 Å². The normalized spacial score (nSPS) is 14.0. The van der Waals surface area contributed by atoms with E-state index in [2.05, 4.69) is 22.0 Å². The lowest BCUT2D eigenvalue weighted by Gasteiger charge is -2.25. The average molecular weight is 407 g/mol. The molecule has 0 fully saturated rings. The minimum absolute atomic E-state index is 0.124. The van der Waals surface area contributed by atoms with Gasteiger partial charge in [-0.3, -0.25) is 4.99 Å². The third-order valence-electron chi connectivity index (χ3n) is 4.76. The fourth-order valence-corrected chi connectivity index (χ4v) is 3.33. The smallest absolute Gasteiger partial charge is 0.162 e. The monoisotopic (exact) mass is 406 g/mol. The van der Waals surface area contributed by atoms with Gasteiger partial charge in [-0.05, 0) is 35.4 Å². The highest BCUT2D eigenvalue weighted by Gasteiger charge is 2.20. The van der Waals surface area contributed by atoms with Crippen LogP contribution in [0.25, 0.3) is 0 Å². The van der Waals surface area contributed by atoms with Crippen molar-refractivity contribution in [2.24, 2.45) is 4.99 Å². The van der Waals surface area contributed by atoms with E-state index in [1.807, 2.05) is 73.1 Å². The van der Waals surface area contributed by atoms with Crippen LogP contribution in [0.2, 0.25) is 5.02 Å². The number of aliphatic imine (C=N–C) groups is 1. The lowest BCUT2D eigenvalue weighted by Crippen LogP contribution is -2.28. The van der Waals surface area contributed by atoms with E-state index in [0.29, 0.717) is 11.6 Å². The Kier molecular flexibility index (Phi) is 6.32. The molecule has 3 aromatic carbocycles. The summed E-state index contributed by atoms with van der Waals surface area (Å²) in [7, 11) is 0. The lowest BCUT2D eigenvalue weighted by atomic mass is 10.1. The molecular weight excluding hydrogens is 384 g/mol. The van der Waals surface area contributed by atoms with Gasteiger partial charge in [0, 0.05) is 11.6 Å². The molecule has 0 aliphatic carbocycles. The summed E-state index contributed by atoms with van der Waals surface area (Å²) in [4.78, 5) is 6.51. The van der Waals surface area contributed by atoms with Crippen molar-refractivity contribution >= 4 is 17.9 Å². The number of hydrogen-bond acceptors (Lipinski definition) is 4. The minimum atomic E-state index is -0.124. The van der Waals surface area contributed by atoms with Crippen molar-refractivity contribution in [3.05, 3.63) is 95.0 Å². The van der Waals surface area contributed by atoms with Crippen molar-refractivity contribution in [1.82, 2.24) is 4.90 Å². The largest absolute Gasteiger partial charge is 0.485 e. The van der Waals surface area contributed by atoms with Crippen LogP contribution in [0.1, 0.15) is 17.2 Å². The Bertz CT molecular complexity index is 945. The summed E-state index contributed by atoms with van der Waals surface area (Å²) >= 11 is 5.97. The molecule has 1 unspecified atom stereocenters. The van der Waals surface area contributed by atoms with Crippen LogP contribution >= 0.6 is 11.6 Å². The first-order chi connectivity index (χ1) is 14.3. The Balaban J connectivity index is 1.51. The number of rotatable bonds is 8. The summed E-state index contributed by atoms with van der Waals surface area (Å²) in [6.45, 7) is 2.94. The summed E-state index contributed by atoms with van der Waals surface area (Å²) in [5.74, 6) is 1.45. The summed E-state index contributed by atoms with van der Waals surface area (Å²) in [6.07, 6.45) is 1.78. The van der Waals surface area contributed by atoms with Crippen LogP contribution in [0.4, 0.5) is 0 Å². The molecule has 0 spiro atoms. The molecule has 0 N–H and O–H groups in total. The lowest BCUT2D eigenvalue weighted by molar-refractivity contribution is 0.163. The molecule has 4 rings (SSSR count). The molecule has 29 heavy (non-hydrogen) atoms. The Morgan fingerprint density at radius 3 is 2.34 bits per heavy atom. The highest BCUT2D eigenvalue weighted by atomic mass is 35.5. The molecule has 0 saturated heterocycles. The molecule has 5 heteroatoms. The molecule has 3 aromatic rings. The van der Waals surface area contributed by atoms with Crippen molar-refractivity contribution < 1.29 is 9.47 Å². The van der Waals surface area contributed by atoms with Crippen LogP contribution in [0.3, 0.4) is 0 Å². The number of ether oxygens (including phenoxy) is 2. The molecule has 1 aliphatic heterocycles. The molecule has 0 aromatic heterocycles. The minimum Gasteiger partial charge on any atom is -0.485 e. The van der Waals surface area contributed by atoms with Crippen molar-refractivity contribution in [2.45, 2.75) is 12.7 Å². The van der Waals surface area contributed by atoms with E-state index in [9.17, 15) is 0 Å². The van der Waals surface area contributed by atoms with Crippen LogP contribution in [0.5, 0.6) is 11.5 Å². The van der Waals surface area contributed by atoms with Gasteiger partial charge in [-0.25, -0.2) is 0 Å². The van der Waals surface area contributed by atoms with E-state index < -0.39 is 0 Å². The Hall–Kier alpha value is -2.98. The molecule has 1 atom stereocenters. The Morgan fingerprint density at radius 2 is 1.62 bits per heavy atom. The summed E-state index contributed by atoms with van der Waals surface area (Å²) < 4.78 is 12.5. The zero-order chi connectivity index (χ0) is 19.9. The molecule has 4 nitrogen and oxygen atoms in total. The van der Waals surface area contributed by atoms with E-state index in [1.54, 1.807) is 0 Å². The Morgan fingerprint density at radius 1 is 0.897 bits per heavy atom. The van der Waals surface area contributed by atoms with Crippen LogP contribution < -0.4 is 9.47 Å². The fourth-order valence-electron chi connectivity index (χ4n) is 3.21. The Labute approximate surface area is 176 Å². The number of halogens is 1. The van der Waals surface area contributed by atoms with Crippen LogP contribution in [0, 0.1) is 0 Å². The predicted molar refractivity (Wildman–Crippen MR) is 117 cm³/mol. The van der Waals surface area contributed by atoms with Gasteiger partial charge in [-0.1, -0.05) is 66.2 Å². The van der Waals surface area contributed by atoms with Gasteiger partial charge >= 0.3 is 0 Å².